The Morgan fingerprint density at radius 3 is 1.93 bits per heavy atom. The summed E-state index contributed by atoms with van der Waals surface area (Å²) in [6.07, 6.45) is 14.5. The molecule has 2 aliphatic carbocycles. The van der Waals surface area contributed by atoms with Crippen LogP contribution in [0.1, 0.15) is 95.5 Å². The van der Waals surface area contributed by atoms with Gasteiger partial charge in [0.25, 0.3) is 0 Å². The van der Waals surface area contributed by atoms with E-state index in [9.17, 15) is 13.2 Å². The second-order valence-electron chi connectivity index (χ2n) is 9.14. The van der Waals surface area contributed by atoms with E-state index in [0.717, 1.165) is 31.6 Å². The molecule has 2 aliphatic rings. The number of hydrogen-bond acceptors (Lipinski definition) is 0. The van der Waals surface area contributed by atoms with Crippen LogP contribution < -0.4 is 0 Å². The molecule has 28 heavy (non-hydrogen) atoms. The van der Waals surface area contributed by atoms with Gasteiger partial charge in [0, 0.05) is 0 Å². The van der Waals surface area contributed by atoms with E-state index in [1.165, 1.54) is 69.1 Å². The zero-order chi connectivity index (χ0) is 20.1. The summed E-state index contributed by atoms with van der Waals surface area (Å²) in [6, 6.07) is 2.36. The minimum Gasteiger partial charge on any atom is -0.204 e. The van der Waals surface area contributed by atoms with E-state index >= 15 is 0 Å². The molecular formula is C25H35F3. The fraction of sp³-hybridized carbons (Fsp3) is 0.680. The van der Waals surface area contributed by atoms with Crippen LogP contribution in [0, 0.1) is 35.2 Å². The average molecular weight is 393 g/mol. The normalized spacial score (nSPS) is 28.3. The molecule has 156 valence electrons. The van der Waals surface area contributed by atoms with Gasteiger partial charge in [-0.1, -0.05) is 44.8 Å². The molecule has 0 amide bonds. The lowest BCUT2D eigenvalue weighted by Gasteiger charge is -2.36. The summed E-state index contributed by atoms with van der Waals surface area (Å²) in [7, 11) is 0. The second kappa shape index (κ2) is 9.98. The lowest BCUT2D eigenvalue weighted by molar-refractivity contribution is 0.255. The molecule has 2 fully saturated rings. The lowest BCUT2D eigenvalue weighted by atomic mass is 9.69. The van der Waals surface area contributed by atoms with Gasteiger partial charge in [0.2, 0.25) is 0 Å². The van der Waals surface area contributed by atoms with Gasteiger partial charge in [-0.3, -0.25) is 0 Å². The molecule has 0 unspecified atom stereocenters. The minimum atomic E-state index is -1.36. The van der Waals surface area contributed by atoms with E-state index in [4.69, 9.17) is 0 Å². The largest absolute Gasteiger partial charge is 0.204 e. The van der Waals surface area contributed by atoms with Crippen molar-refractivity contribution in [2.75, 3.05) is 0 Å². The van der Waals surface area contributed by atoms with E-state index < -0.39 is 17.5 Å². The Bertz CT molecular complexity index is 627. The van der Waals surface area contributed by atoms with Crippen molar-refractivity contribution in [1.29, 1.82) is 0 Å². The first kappa shape index (κ1) is 21.5. The predicted molar refractivity (Wildman–Crippen MR) is 110 cm³/mol. The highest BCUT2D eigenvalue weighted by atomic mass is 19.2. The van der Waals surface area contributed by atoms with E-state index in [1.54, 1.807) is 0 Å². The highest BCUT2D eigenvalue weighted by Gasteiger charge is 2.30. The van der Waals surface area contributed by atoms with Crippen molar-refractivity contribution in [3.8, 4) is 0 Å². The highest BCUT2D eigenvalue weighted by Crippen LogP contribution is 2.44. The van der Waals surface area contributed by atoms with E-state index in [1.807, 2.05) is 0 Å². The van der Waals surface area contributed by atoms with Crippen molar-refractivity contribution in [1.82, 2.24) is 0 Å². The first-order valence-corrected chi connectivity index (χ1v) is 11.3. The van der Waals surface area contributed by atoms with E-state index in [-0.39, 0.29) is 5.92 Å². The van der Waals surface area contributed by atoms with Crippen LogP contribution in [0.5, 0.6) is 0 Å². The smallest absolute Gasteiger partial charge is 0.194 e. The summed E-state index contributed by atoms with van der Waals surface area (Å²) in [5.74, 6) is -1.28. The molecule has 0 nitrogen and oxygen atoms in total. The number of rotatable bonds is 7. The molecule has 1 aromatic carbocycles. The summed E-state index contributed by atoms with van der Waals surface area (Å²) in [6.45, 7) is 6.73. The Labute approximate surface area is 168 Å². The molecule has 0 aromatic heterocycles. The summed E-state index contributed by atoms with van der Waals surface area (Å²) in [4.78, 5) is 0. The minimum absolute atomic E-state index is 0.128. The molecule has 3 heteroatoms. The van der Waals surface area contributed by atoms with Crippen molar-refractivity contribution in [2.24, 2.45) is 17.8 Å². The predicted octanol–water partition coefficient (Wildman–Crippen LogP) is 8.32. The average Bonchev–Trinajstić information content (AvgIpc) is 2.72. The molecule has 0 heterocycles. The van der Waals surface area contributed by atoms with Gasteiger partial charge < -0.3 is 0 Å². The van der Waals surface area contributed by atoms with Gasteiger partial charge >= 0.3 is 0 Å². The van der Waals surface area contributed by atoms with Gasteiger partial charge in [0.1, 0.15) is 0 Å². The van der Waals surface area contributed by atoms with Gasteiger partial charge in [-0.15, -0.1) is 0 Å². The highest BCUT2D eigenvalue weighted by molar-refractivity contribution is 5.24. The van der Waals surface area contributed by atoms with Gasteiger partial charge in [-0.2, -0.15) is 0 Å². The van der Waals surface area contributed by atoms with Gasteiger partial charge in [0.05, 0.1) is 0 Å². The van der Waals surface area contributed by atoms with Crippen LogP contribution >= 0.6 is 0 Å². The summed E-state index contributed by atoms with van der Waals surface area (Å²) in [5, 5.41) is 0. The Balaban J connectivity index is 1.47. The van der Waals surface area contributed by atoms with Crippen molar-refractivity contribution in [2.45, 2.75) is 89.9 Å². The number of benzene rings is 1. The Morgan fingerprint density at radius 2 is 1.39 bits per heavy atom. The van der Waals surface area contributed by atoms with E-state index in [2.05, 4.69) is 13.5 Å². The van der Waals surface area contributed by atoms with Crippen molar-refractivity contribution >= 4 is 0 Å². The molecule has 0 aliphatic heterocycles. The monoisotopic (exact) mass is 392 g/mol. The van der Waals surface area contributed by atoms with Crippen LogP contribution in [0.4, 0.5) is 13.2 Å². The summed E-state index contributed by atoms with van der Waals surface area (Å²) in [5.41, 5.74) is 2.02. The number of allylic oxidation sites excluding steroid dienone is 1. The number of hydrogen-bond donors (Lipinski definition) is 0. The maximum atomic E-state index is 13.5. The van der Waals surface area contributed by atoms with Crippen molar-refractivity contribution < 1.29 is 13.2 Å². The third kappa shape index (κ3) is 5.21. The number of halogens is 3. The topological polar surface area (TPSA) is 0 Å². The molecule has 0 bridgehead atoms. The van der Waals surface area contributed by atoms with Crippen LogP contribution in [0.25, 0.3) is 0 Å². The van der Waals surface area contributed by atoms with Crippen LogP contribution in [0.15, 0.2) is 24.3 Å². The Kier molecular flexibility index (Phi) is 7.65. The third-order valence-corrected chi connectivity index (χ3v) is 7.32. The standard InChI is InChI=1S/C25H35F3/c1-3-4-5-6-18-7-9-19(10-8-18)17(2)20-11-13-21(14-12-20)22-15-23(26)25(28)24(27)16-22/h15-16,18-21H,2-14H2,1H3. The van der Waals surface area contributed by atoms with Gasteiger partial charge in [0.15, 0.2) is 17.5 Å². The fourth-order valence-electron chi connectivity index (χ4n) is 5.45. The third-order valence-electron chi connectivity index (χ3n) is 7.32. The van der Waals surface area contributed by atoms with Gasteiger partial charge in [-0.05, 0) is 92.7 Å². The molecular weight excluding hydrogens is 357 g/mol. The first-order chi connectivity index (χ1) is 13.5. The quantitative estimate of drug-likeness (QED) is 0.248. The SMILES string of the molecule is C=C(C1CCC(CCCCC)CC1)C1CCC(c2cc(F)c(F)c(F)c2)CC1. The zero-order valence-electron chi connectivity index (χ0n) is 17.3. The van der Waals surface area contributed by atoms with Crippen LogP contribution in [0.2, 0.25) is 0 Å². The second-order valence-corrected chi connectivity index (χ2v) is 9.14. The molecule has 0 radical (unpaired) electrons. The van der Waals surface area contributed by atoms with Crippen molar-refractivity contribution in [3.05, 3.63) is 47.3 Å². The number of unbranched alkanes of at least 4 members (excludes halogenated alkanes) is 2. The molecule has 3 rings (SSSR count). The van der Waals surface area contributed by atoms with Crippen molar-refractivity contribution in [3.63, 3.8) is 0 Å². The van der Waals surface area contributed by atoms with Gasteiger partial charge in [-0.25, -0.2) is 13.2 Å². The molecule has 2 saturated carbocycles. The summed E-state index contributed by atoms with van der Waals surface area (Å²) < 4.78 is 40.3. The maximum absolute atomic E-state index is 13.5. The Morgan fingerprint density at radius 1 is 0.857 bits per heavy atom. The zero-order valence-corrected chi connectivity index (χ0v) is 17.3. The van der Waals surface area contributed by atoms with E-state index in [0.29, 0.717) is 17.4 Å². The Hall–Kier alpha value is -1.25. The molecule has 0 saturated heterocycles. The molecule has 0 N–H and O–H groups in total. The first-order valence-electron chi connectivity index (χ1n) is 11.3. The van der Waals surface area contributed by atoms with Crippen LogP contribution in [0.3, 0.4) is 0 Å². The van der Waals surface area contributed by atoms with Crippen LogP contribution in [-0.2, 0) is 0 Å². The lowest BCUT2D eigenvalue weighted by Crippen LogP contribution is -2.22. The summed E-state index contributed by atoms with van der Waals surface area (Å²) >= 11 is 0. The molecule has 0 atom stereocenters. The fourth-order valence-corrected chi connectivity index (χ4v) is 5.45. The molecule has 1 aromatic rings. The van der Waals surface area contributed by atoms with Crippen LogP contribution in [-0.4, -0.2) is 0 Å². The molecule has 0 spiro atoms. The maximum Gasteiger partial charge on any atom is 0.194 e.